The van der Waals surface area contributed by atoms with E-state index in [0.717, 1.165) is 15.9 Å². The topological polar surface area (TPSA) is 120 Å². The third-order valence-electron chi connectivity index (χ3n) is 1.98. The summed E-state index contributed by atoms with van der Waals surface area (Å²) in [5.74, 6) is -2.51. The van der Waals surface area contributed by atoms with Crippen LogP contribution in [0.4, 0.5) is 5.69 Å². The minimum absolute atomic E-state index is 0.0374. The number of anilines is 1. The summed E-state index contributed by atoms with van der Waals surface area (Å²) in [4.78, 5) is 23.3. The van der Waals surface area contributed by atoms with Crippen LogP contribution in [0.3, 0.4) is 0 Å². The first-order valence-electron chi connectivity index (χ1n) is 5.35. The number of aliphatic hydroxyl groups is 1. The van der Waals surface area contributed by atoms with Crippen molar-refractivity contribution in [1.82, 2.24) is 4.98 Å². The maximum atomic E-state index is 9.55. The van der Waals surface area contributed by atoms with Crippen LogP contribution in [-0.2, 0) is 9.59 Å². The van der Waals surface area contributed by atoms with Crippen LogP contribution in [0.2, 0.25) is 0 Å². The zero-order valence-corrected chi connectivity index (χ0v) is 11.0. The quantitative estimate of drug-likeness (QED) is 0.497. The van der Waals surface area contributed by atoms with Gasteiger partial charge in [-0.25, -0.2) is 14.6 Å². The number of thiazole rings is 1. The third-order valence-corrected chi connectivity index (χ3v) is 2.77. The van der Waals surface area contributed by atoms with Gasteiger partial charge in [0.05, 0.1) is 15.7 Å². The number of rotatable bonds is 4. The number of nitrogens with one attached hydrogen (secondary N) is 1. The van der Waals surface area contributed by atoms with E-state index in [4.69, 9.17) is 15.3 Å². The number of hydrogen-bond acceptors (Lipinski definition) is 6. The van der Waals surface area contributed by atoms with Gasteiger partial charge in [-0.1, -0.05) is 0 Å². The predicted octanol–water partition coefficient (Wildman–Crippen LogP) is 1.37. The maximum Gasteiger partial charge on any atom is 0.328 e. The number of carbonyl (C=O) groups is 2. The lowest BCUT2D eigenvalue weighted by atomic mass is 10.3. The molecule has 1 aromatic heterocycles. The fourth-order valence-corrected chi connectivity index (χ4v) is 1.92. The van der Waals surface area contributed by atoms with Crippen molar-refractivity contribution in [1.29, 1.82) is 0 Å². The SMILES string of the molecule is O=C(O)/C=C\C(=O)O.OCNc1ccc2ncsc2c1. The van der Waals surface area contributed by atoms with Crippen LogP contribution in [-0.4, -0.2) is 39.0 Å². The number of aliphatic carboxylic acids is 2. The highest BCUT2D eigenvalue weighted by atomic mass is 32.1. The molecule has 0 radical (unpaired) electrons. The van der Waals surface area contributed by atoms with E-state index in [1.54, 1.807) is 11.3 Å². The van der Waals surface area contributed by atoms with Gasteiger partial charge in [0, 0.05) is 17.8 Å². The van der Waals surface area contributed by atoms with E-state index in [0.29, 0.717) is 12.2 Å². The molecular weight excluding hydrogens is 284 g/mol. The molecular formula is C12H12N2O5S. The first kappa shape index (κ1) is 15.6. The van der Waals surface area contributed by atoms with Gasteiger partial charge in [-0.2, -0.15) is 0 Å². The summed E-state index contributed by atoms with van der Waals surface area (Å²) in [7, 11) is 0. The van der Waals surface area contributed by atoms with Crippen molar-refractivity contribution >= 4 is 39.2 Å². The van der Waals surface area contributed by atoms with Crippen molar-refractivity contribution in [3.05, 3.63) is 35.9 Å². The Morgan fingerprint density at radius 2 is 1.90 bits per heavy atom. The van der Waals surface area contributed by atoms with Crippen molar-refractivity contribution in [3.63, 3.8) is 0 Å². The largest absolute Gasteiger partial charge is 0.478 e. The molecule has 8 heteroatoms. The first-order valence-corrected chi connectivity index (χ1v) is 6.23. The van der Waals surface area contributed by atoms with E-state index < -0.39 is 11.9 Å². The molecule has 0 aliphatic rings. The lowest BCUT2D eigenvalue weighted by molar-refractivity contribution is -0.134. The van der Waals surface area contributed by atoms with Gasteiger partial charge in [0.2, 0.25) is 0 Å². The Morgan fingerprint density at radius 1 is 1.25 bits per heavy atom. The molecule has 0 spiro atoms. The summed E-state index contributed by atoms with van der Waals surface area (Å²) in [6.45, 7) is -0.0374. The van der Waals surface area contributed by atoms with Gasteiger partial charge < -0.3 is 20.6 Å². The van der Waals surface area contributed by atoms with Crippen LogP contribution in [0.1, 0.15) is 0 Å². The molecule has 0 saturated carbocycles. The van der Waals surface area contributed by atoms with Gasteiger partial charge in [0.15, 0.2) is 0 Å². The van der Waals surface area contributed by atoms with Crippen molar-refractivity contribution in [3.8, 4) is 0 Å². The molecule has 7 nitrogen and oxygen atoms in total. The smallest absolute Gasteiger partial charge is 0.328 e. The second-order valence-electron chi connectivity index (χ2n) is 3.38. The standard InChI is InChI=1S/C8H8N2OS.C4H4O4/c11-4-9-6-1-2-7-8(3-6)12-5-10-7;5-3(6)1-2-4(7)8/h1-3,5,9,11H,4H2;1-2H,(H,5,6)(H,7,8)/b;2-1-. The number of benzene rings is 1. The van der Waals surface area contributed by atoms with Crippen LogP contribution in [0.15, 0.2) is 35.9 Å². The Bertz CT molecular complexity index is 607. The number of fused-ring (bicyclic) bond motifs is 1. The lowest BCUT2D eigenvalue weighted by Crippen LogP contribution is -1.98. The number of aliphatic hydroxyl groups excluding tert-OH is 1. The summed E-state index contributed by atoms with van der Waals surface area (Å²) < 4.78 is 1.13. The highest BCUT2D eigenvalue weighted by molar-refractivity contribution is 7.16. The molecule has 0 saturated heterocycles. The Morgan fingerprint density at radius 3 is 2.45 bits per heavy atom. The number of aromatic nitrogens is 1. The molecule has 0 aliphatic heterocycles. The summed E-state index contributed by atoms with van der Waals surface area (Å²) in [6.07, 6.45) is 1.12. The number of hydrogen-bond donors (Lipinski definition) is 4. The fourth-order valence-electron chi connectivity index (χ4n) is 1.20. The molecule has 0 unspecified atom stereocenters. The van der Waals surface area contributed by atoms with Crippen LogP contribution >= 0.6 is 11.3 Å². The second-order valence-corrected chi connectivity index (χ2v) is 4.27. The minimum Gasteiger partial charge on any atom is -0.478 e. The van der Waals surface area contributed by atoms with Crippen LogP contribution in [0.5, 0.6) is 0 Å². The van der Waals surface area contributed by atoms with Gasteiger partial charge >= 0.3 is 11.9 Å². The molecule has 0 amide bonds. The first-order chi connectivity index (χ1) is 9.52. The van der Waals surface area contributed by atoms with Gasteiger partial charge in [0.1, 0.15) is 6.73 Å². The van der Waals surface area contributed by atoms with Crippen molar-refractivity contribution < 1.29 is 24.9 Å². The van der Waals surface area contributed by atoms with Gasteiger partial charge in [-0.15, -0.1) is 11.3 Å². The van der Waals surface area contributed by atoms with Gasteiger partial charge in [0.25, 0.3) is 0 Å². The molecule has 106 valence electrons. The van der Waals surface area contributed by atoms with Gasteiger partial charge in [-0.3, -0.25) is 0 Å². The normalized spacial score (nSPS) is 10.1. The molecule has 0 bridgehead atoms. The zero-order valence-electron chi connectivity index (χ0n) is 10.2. The lowest BCUT2D eigenvalue weighted by Gasteiger charge is -2.00. The molecule has 0 fully saturated rings. The molecule has 0 atom stereocenters. The van der Waals surface area contributed by atoms with E-state index in [2.05, 4.69) is 10.3 Å². The van der Waals surface area contributed by atoms with E-state index in [1.165, 1.54) is 0 Å². The molecule has 1 heterocycles. The van der Waals surface area contributed by atoms with E-state index in [1.807, 2.05) is 23.7 Å². The fraction of sp³-hybridized carbons (Fsp3) is 0.0833. The Labute approximate surface area is 117 Å². The summed E-state index contributed by atoms with van der Waals surface area (Å²) >= 11 is 1.59. The van der Waals surface area contributed by atoms with Crippen LogP contribution in [0, 0.1) is 0 Å². The molecule has 0 aliphatic carbocycles. The highest BCUT2D eigenvalue weighted by Crippen LogP contribution is 2.21. The minimum atomic E-state index is -1.26. The van der Waals surface area contributed by atoms with Crippen LogP contribution < -0.4 is 5.32 Å². The van der Waals surface area contributed by atoms with Crippen molar-refractivity contribution in [2.75, 3.05) is 12.0 Å². The Balaban J connectivity index is 0.000000221. The average Bonchev–Trinajstić information content (AvgIpc) is 2.85. The zero-order chi connectivity index (χ0) is 15.0. The van der Waals surface area contributed by atoms with E-state index >= 15 is 0 Å². The predicted molar refractivity (Wildman–Crippen MR) is 74.7 cm³/mol. The Kier molecular flexibility index (Phi) is 6.14. The molecule has 4 N–H and O–H groups in total. The molecule has 2 aromatic rings. The Hall–Kier alpha value is -2.45. The average molecular weight is 296 g/mol. The van der Waals surface area contributed by atoms with Gasteiger partial charge in [-0.05, 0) is 18.2 Å². The summed E-state index contributed by atoms with van der Waals surface area (Å²) in [5.41, 5.74) is 3.74. The van der Waals surface area contributed by atoms with E-state index in [9.17, 15) is 9.59 Å². The second kappa shape index (κ2) is 7.87. The maximum absolute atomic E-state index is 9.55. The van der Waals surface area contributed by atoms with Crippen molar-refractivity contribution in [2.24, 2.45) is 0 Å². The molecule has 1 aromatic carbocycles. The molecule has 2 rings (SSSR count). The third kappa shape index (κ3) is 5.46. The highest BCUT2D eigenvalue weighted by Gasteiger charge is 1.96. The summed E-state index contributed by atoms with van der Waals surface area (Å²) in [5, 5.41) is 27.1. The van der Waals surface area contributed by atoms with E-state index in [-0.39, 0.29) is 6.73 Å². The summed E-state index contributed by atoms with van der Waals surface area (Å²) in [6, 6.07) is 5.81. The van der Waals surface area contributed by atoms with Crippen molar-refractivity contribution in [2.45, 2.75) is 0 Å². The monoisotopic (exact) mass is 296 g/mol. The number of carboxylic acids is 2. The number of carboxylic acid groups (broad SMARTS) is 2. The molecule has 20 heavy (non-hydrogen) atoms. The number of nitrogens with zero attached hydrogens (tertiary/aromatic N) is 1. The van der Waals surface area contributed by atoms with Crippen LogP contribution in [0.25, 0.3) is 10.2 Å².